The minimum Gasteiger partial charge on any atom is -0.497 e. The van der Waals surface area contributed by atoms with E-state index in [9.17, 15) is 4.79 Å². The normalized spacial score (nSPS) is 9.87. The molecule has 0 aliphatic rings. The fourth-order valence-corrected chi connectivity index (χ4v) is 1.85. The van der Waals surface area contributed by atoms with Crippen molar-refractivity contribution in [1.82, 2.24) is 0 Å². The summed E-state index contributed by atoms with van der Waals surface area (Å²) in [5.74, 6) is 0.894. The molecule has 0 saturated heterocycles. The first-order valence-electron chi connectivity index (χ1n) is 4.28. The van der Waals surface area contributed by atoms with E-state index in [1.54, 1.807) is 19.2 Å². The number of carbonyl (C=O) groups is 1. The smallest absolute Gasteiger partial charge is 0.181 e. The number of ketones is 1. The second-order valence-corrected chi connectivity index (χ2v) is 3.67. The average Bonchev–Trinajstić information content (AvgIpc) is 2.26. The van der Waals surface area contributed by atoms with Crippen LogP contribution in [-0.4, -0.2) is 26.5 Å². The molecule has 1 rings (SSSR count). The fourth-order valence-electron chi connectivity index (χ4n) is 1.21. The molecule has 0 amide bonds. The number of Topliss-reactive ketones (excluding diaryl/α,β-unsaturated/α-hetero) is 1. The molecule has 0 bridgehead atoms. The molecule has 0 spiro atoms. The van der Waals surface area contributed by atoms with E-state index in [0.29, 0.717) is 21.5 Å². The lowest BCUT2D eigenvalue weighted by molar-refractivity contribution is 0.0997. The van der Waals surface area contributed by atoms with Crippen molar-refractivity contribution in [2.24, 2.45) is 5.73 Å². The second kappa shape index (κ2) is 5.14. The van der Waals surface area contributed by atoms with Gasteiger partial charge >= 0.3 is 0 Å². The summed E-state index contributed by atoms with van der Waals surface area (Å²) in [5, 5.41) is 0. The molecule has 4 nitrogen and oxygen atoms in total. The van der Waals surface area contributed by atoms with Gasteiger partial charge < -0.3 is 15.2 Å². The van der Waals surface area contributed by atoms with Crippen LogP contribution in [0.3, 0.4) is 0 Å². The van der Waals surface area contributed by atoms with Gasteiger partial charge in [-0.15, -0.1) is 0 Å². The maximum atomic E-state index is 11.5. The number of methoxy groups -OCH3 is 2. The van der Waals surface area contributed by atoms with Crippen LogP contribution in [0.2, 0.25) is 0 Å². The summed E-state index contributed by atoms with van der Waals surface area (Å²) < 4.78 is 10.8. The third-order valence-corrected chi connectivity index (χ3v) is 2.57. The third kappa shape index (κ3) is 2.49. The Labute approximate surface area is 96.5 Å². The maximum absolute atomic E-state index is 11.5. The number of nitrogens with two attached hydrogens (primary N) is 1. The molecule has 0 atom stereocenters. The molecular weight excluding hydrogens is 262 g/mol. The summed E-state index contributed by atoms with van der Waals surface area (Å²) >= 11 is 3.28. The highest BCUT2D eigenvalue weighted by Gasteiger charge is 2.16. The van der Waals surface area contributed by atoms with Crippen LogP contribution in [0.5, 0.6) is 11.5 Å². The average molecular weight is 274 g/mol. The molecule has 0 aliphatic heterocycles. The Bertz CT molecular complexity index is 379. The highest BCUT2D eigenvalue weighted by Crippen LogP contribution is 2.32. The van der Waals surface area contributed by atoms with E-state index >= 15 is 0 Å². The highest BCUT2D eigenvalue weighted by molar-refractivity contribution is 9.10. The fraction of sp³-hybridized carbons (Fsp3) is 0.300. The Morgan fingerprint density at radius 2 is 2.07 bits per heavy atom. The monoisotopic (exact) mass is 273 g/mol. The van der Waals surface area contributed by atoms with Gasteiger partial charge in [0.2, 0.25) is 0 Å². The molecule has 0 fully saturated rings. The quantitative estimate of drug-likeness (QED) is 0.847. The molecule has 82 valence electrons. The van der Waals surface area contributed by atoms with Crippen molar-refractivity contribution < 1.29 is 14.3 Å². The molecule has 5 heteroatoms. The van der Waals surface area contributed by atoms with Gasteiger partial charge in [0.1, 0.15) is 11.5 Å². The van der Waals surface area contributed by atoms with Gasteiger partial charge in [-0.3, -0.25) is 4.79 Å². The van der Waals surface area contributed by atoms with Crippen LogP contribution in [0.4, 0.5) is 0 Å². The first-order chi connectivity index (χ1) is 7.13. The summed E-state index contributed by atoms with van der Waals surface area (Å²) in [5.41, 5.74) is 5.76. The SMILES string of the molecule is COc1cc(Br)c(C(=O)CN)c(OC)c1. The van der Waals surface area contributed by atoms with Crippen LogP contribution >= 0.6 is 15.9 Å². The summed E-state index contributed by atoms with van der Waals surface area (Å²) in [6, 6.07) is 3.35. The van der Waals surface area contributed by atoms with Crippen LogP contribution in [-0.2, 0) is 0 Å². The molecule has 0 aromatic heterocycles. The lowest BCUT2D eigenvalue weighted by Gasteiger charge is -2.11. The van der Waals surface area contributed by atoms with E-state index in [2.05, 4.69) is 15.9 Å². The Kier molecular flexibility index (Phi) is 4.11. The van der Waals surface area contributed by atoms with Gasteiger partial charge in [-0.05, 0) is 22.0 Å². The number of carbonyl (C=O) groups excluding carboxylic acids is 1. The minimum absolute atomic E-state index is 0.0543. The zero-order chi connectivity index (χ0) is 11.4. The van der Waals surface area contributed by atoms with Gasteiger partial charge in [-0.25, -0.2) is 0 Å². The first kappa shape index (κ1) is 12.0. The van der Waals surface area contributed by atoms with E-state index in [4.69, 9.17) is 15.2 Å². The van der Waals surface area contributed by atoms with Gasteiger partial charge in [-0.1, -0.05) is 0 Å². The lowest BCUT2D eigenvalue weighted by atomic mass is 10.1. The van der Waals surface area contributed by atoms with Crippen LogP contribution in [0.15, 0.2) is 16.6 Å². The molecule has 1 aromatic carbocycles. The summed E-state index contributed by atoms with van der Waals surface area (Å²) in [6.45, 7) is -0.0543. The van der Waals surface area contributed by atoms with Crippen LogP contribution < -0.4 is 15.2 Å². The number of hydrogen-bond donors (Lipinski definition) is 1. The van der Waals surface area contributed by atoms with Crippen molar-refractivity contribution in [3.05, 3.63) is 22.2 Å². The van der Waals surface area contributed by atoms with Gasteiger partial charge in [0, 0.05) is 10.5 Å². The Morgan fingerprint density at radius 1 is 1.40 bits per heavy atom. The number of benzene rings is 1. The lowest BCUT2D eigenvalue weighted by Crippen LogP contribution is -2.15. The first-order valence-corrected chi connectivity index (χ1v) is 5.08. The van der Waals surface area contributed by atoms with Crippen LogP contribution in [0, 0.1) is 0 Å². The van der Waals surface area contributed by atoms with E-state index in [-0.39, 0.29) is 12.3 Å². The molecule has 0 radical (unpaired) electrons. The van der Waals surface area contributed by atoms with Crippen LogP contribution in [0.1, 0.15) is 10.4 Å². The zero-order valence-corrected chi connectivity index (χ0v) is 10.1. The summed E-state index contributed by atoms with van der Waals surface area (Å²) in [7, 11) is 3.04. The third-order valence-electron chi connectivity index (χ3n) is 1.95. The molecule has 0 heterocycles. The minimum atomic E-state index is -0.179. The number of ether oxygens (including phenoxy) is 2. The van der Waals surface area contributed by atoms with E-state index in [0.717, 1.165) is 0 Å². The Hall–Kier alpha value is -1.07. The van der Waals surface area contributed by atoms with Crippen molar-refractivity contribution in [3.63, 3.8) is 0 Å². The van der Waals surface area contributed by atoms with Crippen LogP contribution in [0.25, 0.3) is 0 Å². The number of rotatable bonds is 4. The largest absolute Gasteiger partial charge is 0.497 e. The van der Waals surface area contributed by atoms with Crippen molar-refractivity contribution in [1.29, 1.82) is 0 Å². The summed E-state index contributed by atoms with van der Waals surface area (Å²) in [4.78, 5) is 11.5. The topological polar surface area (TPSA) is 61.5 Å². The van der Waals surface area contributed by atoms with E-state index in [1.807, 2.05) is 0 Å². The molecule has 15 heavy (non-hydrogen) atoms. The second-order valence-electron chi connectivity index (χ2n) is 2.81. The van der Waals surface area contributed by atoms with Crippen molar-refractivity contribution in [3.8, 4) is 11.5 Å². The van der Waals surface area contributed by atoms with Gasteiger partial charge in [0.15, 0.2) is 5.78 Å². The van der Waals surface area contributed by atoms with Gasteiger partial charge in [-0.2, -0.15) is 0 Å². The highest BCUT2D eigenvalue weighted by atomic mass is 79.9. The molecule has 0 saturated carbocycles. The van der Waals surface area contributed by atoms with E-state index < -0.39 is 0 Å². The molecular formula is C10H12BrNO3. The zero-order valence-electron chi connectivity index (χ0n) is 8.54. The Morgan fingerprint density at radius 3 is 2.53 bits per heavy atom. The van der Waals surface area contributed by atoms with Crippen molar-refractivity contribution >= 4 is 21.7 Å². The number of halogens is 1. The van der Waals surface area contributed by atoms with E-state index in [1.165, 1.54) is 7.11 Å². The predicted molar refractivity (Wildman–Crippen MR) is 60.6 cm³/mol. The standard InChI is InChI=1S/C10H12BrNO3/c1-14-6-3-7(11)10(8(13)5-12)9(4-6)15-2/h3-4H,5,12H2,1-2H3. The molecule has 0 aliphatic carbocycles. The molecule has 0 unspecified atom stereocenters. The number of hydrogen-bond acceptors (Lipinski definition) is 4. The van der Waals surface area contributed by atoms with Gasteiger partial charge in [0.05, 0.1) is 26.3 Å². The van der Waals surface area contributed by atoms with Crippen molar-refractivity contribution in [2.75, 3.05) is 20.8 Å². The maximum Gasteiger partial charge on any atom is 0.181 e. The molecule has 1 aromatic rings. The molecule has 2 N–H and O–H groups in total. The Balaban J connectivity index is 3.30. The predicted octanol–water partition coefficient (Wildman–Crippen LogP) is 1.61. The van der Waals surface area contributed by atoms with Crippen molar-refractivity contribution in [2.45, 2.75) is 0 Å². The summed E-state index contributed by atoms with van der Waals surface area (Å²) in [6.07, 6.45) is 0. The van der Waals surface area contributed by atoms with Gasteiger partial charge in [0.25, 0.3) is 0 Å².